The van der Waals surface area contributed by atoms with Gasteiger partial charge in [-0.15, -0.1) is 0 Å². The summed E-state index contributed by atoms with van der Waals surface area (Å²) in [5.41, 5.74) is 6.85. The molecule has 0 aliphatic heterocycles. The van der Waals surface area contributed by atoms with E-state index in [4.69, 9.17) is 5.73 Å². The van der Waals surface area contributed by atoms with E-state index in [1.165, 1.54) is 0 Å². The van der Waals surface area contributed by atoms with Crippen molar-refractivity contribution in [1.82, 2.24) is 9.78 Å². The Labute approximate surface area is 109 Å². The van der Waals surface area contributed by atoms with Crippen LogP contribution in [0.3, 0.4) is 0 Å². The monoisotopic (exact) mass is 254 g/mol. The second-order valence-corrected chi connectivity index (χ2v) is 4.86. The summed E-state index contributed by atoms with van der Waals surface area (Å²) in [4.78, 5) is 0. The third kappa shape index (κ3) is 3.16. The molecule has 0 bridgehead atoms. The fraction of sp³-hybridized carbons (Fsp3) is 0.769. The third-order valence-corrected chi connectivity index (χ3v) is 3.51. The quantitative estimate of drug-likeness (QED) is 0.697. The highest BCUT2D eigenvalue weighted by Crippen LogP contribution is 2.24. The van der Waals surface area contributed by atoms with Gasteiger partial charge in [-0.2, -0.15) is 5.10 Å². The molecule has 0 atom stereocenters. The molecule has 0 saturated carbocycles. The average molecular weight is 254 g/mol. The molecule has 0 spiro atoms. The Kier molecular flexibility index (Phi) is 5.02. The fourth-order valence-electron chi connectivity index (χ4n) is 1.90. The Morgan fingerprint density at radius 3 is 2.44 bits per heavy atom. The summed E-state index contributed by atoms with van der Waals surface area (Å²) in [5.74, 6) is 0.828. The summed E-state index contributed by atoms with van der Waals surface area (Å²) < 4.78 is 1.89. The van der Waals surface area contributed by atoms with Crippen LogP contribution < -0.4 is 11.1 Å². The summed E-state index contributed by atoms with van der Waals surface area (Å²) in [6.45, 7) is 9.31. The molecule has 0 fully saturated rings. The van der Waals surface area contributed by atoms with E-state index in [2.05, 4.69) is 17.3 Å². The highest BCUT2D eigenvalue weighted by atomic mass is 16.3. The van der Waals surface area contributed by atoms with Crippen LogP contribution in [-0.4, -0.2) is 27.0 Å². The molecule has 0 aliphatic rings. The van der Waals surface area contributed by atoms with Gasteiger partial charge in [-0.25, -0.2) is 4.68 Å². The molecule has 1 aromatic heterocycles. The van der Waals surface area contributed by atoms with Gasteiger partial charge >= 0.3 is 0 Å². The molecule has 4 N–H and O–H groups in total. The highest BCUT2D eigenvalue weighted by molar-refractivity contribution is 5.64. The van der Waals surface area contributed by atoms with Gasteiger partial charge in [-0.1, -0.05) is 20.8 Å². The lowest BCUT2D eigenvalue weighted by molar-refractivity contribution is 0.0455. The van der Waals surface area contributed by atoms with Gasteiger partial charge in [0, 0.05) is 13.1 Å². The maximum absolute atomic E-state index is 10.3. The molecule has 18 heavy (non-hydrogen) atoms. The standard InChI is InChI=1S/C13H26N4O/c1-5-8-17-12(11(14)10(4)16-17)15-9-13(18,6-2)7-3/h15,18H,5-9,14H2,1-4H3. The van der Waals surface area contributed by atoms with E-state index >= 15 is 0 Å². The van der Waals surface area contributed by atoms with Crippen LogP contribution in [0.5, 0.6) is 0 Å². The van der Waals surface area contributed by atoms with Crippen molar-refractivity contribution in [3.05, 3.63) is 5.69 Å². The molecule has 0 unspecified atom stereocenters. The summed E-state index contributed by atoms with van der Waals surface area (Å²) in [6.07, 6.45) is 2.44. The van der Waals surface area contributed by atoms with E-state index in [0.29, 0.717) is 12.2 Å². The summed E-state index contributed by atoms with van der Waals surface area (Å²) in [6, 6.07) is 0. The second kappa shape index (κ2) is 6.09. The van der Waals surface area contributed by atoms with Gasteiger partial charge in [-0.05, 0) is 26.2 Å². The van der Waals surface area contributed by atoms with Gasteiger partial charge < -0.3 is 16.2 Å². The third-order valence-electron chi connectivity index (χ3n) is 3.51. The molecule has 1 rings (SSSR count). The Morgan fingerprint density at radius 2 is 1.94 bits per heavy atom. The van der Waals surface area contributed by atoms with Gasteiger partial charge in [0.2, 0.25) is 0 Å². The first kappa shape index (κ1) is 14.8. The van der Waals surface area contributed by atoms with Crippen molar-refractivity contribution in [2.24, 2.45) is 0 Å². The zero-order valence-electron chi connectivity index (χ0n) is 12.0. The summed E-state index contributed by atoms with van der Waals surface area (Å²) in [7, 11) is 0. The molecule has 5 heteroatoms. The van der Waals surface area contributed by atoms with Crippen molar-refractivity contribution in [1.29, 1.82) is 0 Å². The minimum absolute atomic E-state index is 0.499. The van der Waals surface area contributed by atoms with Crippen LogP contribution in [0.4, 0.5) is 11.5 Å². The van der Waals surface area contributed by atoms with Crippen LogP contribution in [-0.2, 0) is 6.54 Å². The highest BCUT2D eigenvalue weighted by Gasteiger charge is 2.23. The summed E-state index contributed by atoms with van der Waals surface area (Å²) >= 11 is 0. The van der Waals surface area contributed by atoms with Crippen molar-refractivity contribution in [3.63, 3.8) is 0 Å². The first-order valence-electron chi connectivity index (χ1n) is 6.76. The van der Waals surface area contributed by atoms with Gasteiger partial charge in [0.15, 0.2) is 0 Å². The van der Waals surface area contributed by atoms with Gasteiger partial charge in [0.25, 0.3) is 0 Å². The second-order valence-electron chi connectivity index (χ2n) is 4.86. The summed E-state index contributed by atoms with van der Waals surface area (Å²) in [5, 5.41) is 17.9. The first-order valence-corrected chi connectivity index (χ1v) is 6.76. The van der Waals surface area contributed by atoms with E-state index in [-0.39, 0.29) is 0 Å². The van der Waals surface area contributed by atoms with Crippen molar-refractivity contribution in [3.8, 4) is 0 Å². The molecule has 0 aromatic carbocycles. The molecule has 5 nitrogen and oxygen atoms in total. The fourth-order valence-corrected chi connectivity index (χ4v) is 1.90. The number of nitrogens with two attached hydrogens (primary N) is 1. The minimum Gasteiger partial charge on any atom is -0.394 e. The molecule has 104 valence electrons. The molecular formula is C13H26N4O. The predicted molar refractivity (Wildman–Crippen MR) is 75.7 cm³/mol. The maximum Gasteiger partial charge on any atom is 0.148 e. The molecule has 0 radical (unpaired) electrons. The van der Waals surface area contributed by atoms with Crippen molar-refractivity contribution >= 4 is 11.5 Å². The molecule has 0 amide bonds. The van der Waals surface area contributed by atoms with Crippen LogP contribution in [0.2, 0.25) is 0 Å². The van der Waals surface area contributed by atoms with Crippen LogP contribution >= 0.6 is 0 Å². The SMILES string of the molecule is CCCn1nc(C)c(N)c1NCC(O)(CC)CC. The smallest absolute Gasteiger partial charge is 0.148 e. The number of hydrogen-bond donors (Lipinski definition) is 3. The Balaban J connectivity index is 2.83. The van der Waals surface area contributed by atoms with Gasteiger partial charge in [0.05, 0.1) is 17.0 Å². The number of aromatic nitrogens is 2. The molecule has 1 aromatic rings. The maximum atomic E-state index is 10.3. The van der Waals surface area contributed by atoms with E-state index in [9.17, 15) is 5.11 Å². The number of rotatable bonds is 7. The van der Waals surface area contributed by atoms with Gasteiger partial charge in [0.1, 0.15) is 5.82 Å². The number of anilines is 2. The number of aryl methyl sites for hydroxylation is 2. The largest absolute Gasteiger partial charge is 0.394 e. The van der Waals surface area contributed by atoms with Crippen molar-refractivity contribution in [2.75, 3.05) is 17.6 Å². The topological polar surface area (TPSA) is 76.1 Å². The molecule has 1 heterocycles. The Morgan fingerprint density at radius 1 is 1.33 bits per heavy atom. The lowest BCUT2D eigenvalue weighted by Gasteiger charge is -2.26. The molecule has 0 aliphatic carbocycles. The van der Waals surface area contributed by atoms with Crippen molar-refractivity contribution in [2.45, 2.75) is 59.1 Å². The average Bonchev–Trinajstić information content (AvgIpc) is 2.63. The Bertz CT molecular complexity index is 383. The number of nitrogen functional groups attached to an aromatic ring is 1. The van der Waals surface area contributed by atoms with Crippen LogP contribution in [0.1, 0.15) is 45.7 Å². The molecular weight excluding hydrogens is 228 g/mol. The minimum atomic E-state index is -0.679. The Hall–Kier alpha value is -1.23. The zero-order chi connectivity index (χ0) is 13.8. The van der Waals surface area contributed by atoms with E-state index in [0.717, 1.165) is 37.3 Å². The normalized spacial score (nSPS) is 11.8. The van der Waals surface area contributed by atoms with Crippen LogP contribution in [0.25, 0.3) is 0 Å². The number of nitrogens with zero attached hydrogens (tertiary/aromatic N) is 2. The van der Waals surface area contributed by atoms with E-state index in [1.54, 1.807) is 0 Å². The lowest BCUT2D eigenvalue weighted by Crippen LogP contribution is -2.36. The van der Waals surface area contributed by atoms with E-state index < -0.39 is 5.60 Å². The van der Waals surface area contributed by atoms with Crippen molar-refractivity contribution < 1.29 is 5.11 Å². The number of hydrogen-bond acceptors (Lipinski definition) is 4. The van der Waals surface area contributed by atoms with E-state index in [1.807, 2.05) is 25.5 Å². The van der Waals surface area contributed by atoms with Crippen LogP contribution in [0, 0.1) is 6.92 Å². The van der Waals surface area contributed by atoms with Crippen LogP contribution in [0.15, 0.2) is 0 Å². The van der Waals surface area contributed by atoms with Gasteiger partial charge in [-0.3, -0.25) is 0 Å². The number of nitrogens with one attached hydrogen (secondary N) is 1. The number of aliphatic hydroxyl groups is 1. The molecule has 0 saturated heterocycles. The first-order chi connectivity index (χ1) is 8.47. The predicted octanol–water partition coefficient (Wildman–Crippen LogP) is 2.15. The zero-order valence-corrected chi connectivity index (χ0v) is 12.0. The lowest BCUT2D eigenvalue weighted by atomic mass is 9.98.